The maximum Gasteiger partial charge on any atom is 0.146 e. The van der Waals surface area contributed by atoms with Crippen LogP contribution in [0.1, 0.15) is 29.9 Å². The minimum Gasteiger partial charge on any atom is -0.367 e. The highest BCUT2D eigenvalue weighted by Crippen LogP contribution is 2.43. The number of aryl methyl sites for hydroxylation is 1. The molecule has 0 unspecified atom stereocenters. The monoisotopic (exact) mass is 234 g/mol. The molecule has 3 heteroatoms. The van der Waals surface area contributed by atoms with Gasteiger partial charge in [0, 0.05) is 26.2 Å². The Kier molecular flexibility index (Phi) is 2.79. The molecular formula is C14H19FN2. The topological polar surface area (TPSA) is 15.3 Å². The van der Waals surface area contributed by atoms with Crippen molar-refractivity contribution in [2.24, 2.45) is 0 Å². The zero-order valence-corrected chi connectivity index (χ0v) is 10.3. The van der Waals surface area contributed by atoms with Crippen LogP contribution in [0.2, 0.25) is 0 Å². The summed E-state index contributed by atoms with van der Waals surface area (Å²) < 4.78 is 14.0. The summed E-state index contributed by atoms with van der Waals surface area (Å²) in [5.41, 5.74) is 3.28. The normalized spacial score (nSPS) is 20.7. The molecule has 0 spiro atoms. The second kappa shape index (κ2) is 4.30. The van der Waals surface area contributed by atoms with Gasteiger partial charge in [0.1, 0.15) is 5.82 Å². The van der Waals surface area contributed by atoms with Gasteiger partial charge in [-0.25, -0.2) is 4.39 Å². The zero-order chi connectivity index (χ0) is 11.8. The van der Waals surface area contributed by atoms with E-state index in [0.717, 1.165) is 37.4 Å². The van der Waals surface area contributed by atoms with Crippen molar-refractivity contribution in [3.05, 3.63) is 29.1 Å². The van der Waals surface area contributed by atoms with Crippen LogP contribution in [0.5, 0.6) is 0 Å². The van der Waals surface area contributed by atoms with Crippen LogP contribution in [0.15, 0.2) is 12.1 Å². The standard InChI is InChI=1S/C14H19FN2/c1-10-8-13(15)14(9-12(10)11-2-3-11)17-6-4-16-5-7-17/h8-9,11,16H,2-7H2,1H3. The Balaban J connectivity index is 1.94. The molecule has 1 N–H and O–H groups in total. The molecule has 1 aromatic rings. The summed E-state index contributed by atoms with van der Waals surface area (Å²) in [6.45, 7) is 5.74. The number of hydrogen-bond donors (Lipinski definition) is 1. The fourth-order valence-corrected chi connectivity index (χ4v) is 2.66. The fraction of sp³-hybridized carbons (Fsp3) is 0.571. The number of anilines is 1. The molecule has 0 bridgehead atoms. The first-order valence-electron chi connectivity index (χ1n) is 6.51. The van der Waals surface area contributed by atoms with Crippen molar-refractivity contribution in [1.82, 2.24) is 5.32 Å². The van der Waals surface area contributed by atoms with Gasteiger partial charge in [0.15, 0.2) is 0 Å². The lowest BCUT2D eigenvalue weighted by Gasteiger charge is -2.30. The lowest BCUT2D eigenvalue weighted by molar-refractivity contribution is 0.565. The predicted molar refractivity (Wildman–Crippen MR) is 68.2 cm³/mol. The molecule has 1 saturated carbocycles. The summed E-state index contributed by atoms with van der Waals surface area (Å²) in [6.07, 6.45) is 2.54. The van der Waals surface area contributed by atoms with E-state index in [9.17, 15) is 4.39 Å². The van der Waals surface area contributed by atoms with Gasteiger partial charge in [-0.05, 0) is 48.9 Å². The lowest BCUT2D eigenvalue weighted by atomic mass is 10.0. The van der Waals surface area contributed by atoms with E-state index in [1.165, 1.54) is 18.4 Å². The number of hydrogen-bond acceptors (Lipinski definition) is 2. The third kappa shape index (κ3) is 2.16. The third-order valence-electron chi connectivity index (χ3n) is 3.81. The van der Waals surface area contributed by atoms with Gasteiger partial charge < -0.3 is 10.2 Å². The Hall–Kier alpha value is -1.09. The number of benzene rings is 1. The molecule has 3 rings (SSSR count). The van der Waals surface area contributed by atoms with Crippen molar-refractivity contribution in [1.29, 1.82) is 0 Å². The van der Waals surface area contributed by atoms with Gasteiger partial charge in [0.2, 0.25) is 0 Å². The molecular weight excluding hydrogens is 215 g/mol. The van der Waals surface area contributed by atoms with Gasteiger partial charge in [0.25, 0.3) is 0 Å². The molecule has 1 aliphatic heterocycles. The van der Waals surface area contributed by atoms with Crippen LogP contribution in [0.4, 0.5) is 10.1 Å². The van der Waals surface area contributed by atoms with E-state index < -0.39 is 0 Å². The van der Waals surface area contributed by atoms with Gasteiger partial charge in [-0.15, -0.1) is 0 Å². The Morgan fingerprint density at radius 1 is 1.24 bits per heavy atom. The Morgan fingerprint density at radius 2 is 1.94 bits per heavy atom. The quantitative estimate of drug-likeness (QED) is 0.845. The lowest BCUT2D eigenvalue weighted by Crippen LogP contribution is -2.43. The summed E-state index contributed by atoms with van der Waals surface area (Å²) in [4.78, 5) is 2.16. The number of rotatable bonds is 2. The molecule has 1 heterocycles. The number of halogens is 1. The van der Waals surface area contributed by atoms with Gasteiger partial charge in [-0.3, -0.25) is 0 Å². The van der Waals surface area contributed by atoms with E-state index in [0.29, 0.717) is 5.92 Å². The first-order valence-corrected chi connectivity index (χ1v) is 6.51. The van der Waals surface area contributed by atoms with E-state index in [4.69, 9.17) is 0 Å². The van der Waals surface area contributed by atoms with E-state index in [2.05, 4.69) is 16.3 Å². The van der Waals surface area contributed by atoms with E-state index in [1.54, 1.807) is 6.07 Å². The Labute approximate surface area is 102 Å². The molecule has 0 radical (unpaired) electrons. The van der Waals surface area contributed by atoms with E-state index in [-0.39, 0.29) is 5.82 Å². The smallest absolute Gasteiger partial charge is 0.146 e. The Morgan fingerprint density at radius 3 is 2.59 bits per heavy atom. The number of nitrogens with zero attached hydrogens (tertiary/aromatic N) is 1. The van der Waals surface area contributed by atoms with Gasteiger partial charge in [-0.1, -0.05) is 0 Å². The molecule has 17 heavy (non-hydrogen) atoms. The van der Waals surface area contributed by atoms with Gasteiger partial charge in [0.05, 0.1) is 5.69 Å². The van der Waals surface area contributed by atoms with Crippen LogP contribution in [0, 0.1) is 12.7 Å². The van der Waals surface area contributed by atoms with Crippen molar-refractivity contribution in [3.8, 4) is 0 Å². The summed E-state index contributed by atoms with van der Waals surface area (Å²) in [5.74, 6) is 0.631. The second-order valence-corrected chi connectivity index (χ2v) is 5.17. The SMILES string of the molecule is Cc1cc(F)c(N2CCNCC2)cc1C1CC1. The fourth-order valence-electron chi connectivity index (χ4n) is 2.66. The van der Waals surface area contributed by atoms with Gasteiger partial charge >= 0.3 is 0 Å². The average molecular weight is 234 g/mol. The second-order valence-electron chi connectivity index (χ2n) is 5.17. The molecule has 1 aromatic carbocycles. The summed E-state index contributed by atoms with van der Waals surface area (Å²) in [6, 6.07) is 3.80. The molecule has 2 fully saturated rings. The first-order chi connectivity index (χ1) is 8.25. The maximum atomic E-state index is 14.0. The molecule has 92 valence electrons. The third-order valence-corrected chi connectivity index (χ3v) is 3.81. The Bertz CT molecular complexity index is 420. The van der Waals surface area contributed by atoms with Gasteiger partial charge in [-0.2, -0.15) is 0 Å². The van der Waals surface area contributed by atoms with Crippen molar-refractivity contribution >= 4 is 5.69 Å². The summed E-state index contributed by atoms with van der Waals surface area (Å²) >= 11 is 0. The van der Waals surface area contributed by atoms with Crippen LogP contribution in [0.3, 0.4) is 0 Å². The molecule has 2 nitrogen and oxygen atoms in total. The summed E-state index contributed by atoms with van der Waals surface area (Å²) in [5, 5.41) is 3.30. The van der Waals surface area contributed by atoms with E-state index in [1.807, 2.05) is 6.92 Å². The number of piperazine rings is 1. The average Bonchev–Trinajstić information content (AvgIpc) is 3.14. The first kappa shape index (κ1) is 11.0. The molecule has 0 atom stereocenters. The molecule has 1 saturated heterocycles. The van der Waals surface area contributed by atoms with Crippen LogP contribution < -0.4 is 10.2 Å². The van der Waals surface area contributed by atoms with Crippen molar-refractivity contribution in [3.63, 3.8) is 0 Å². The molecule has 1 aliphatic carbocycles. The minimum absolute atomic E-state index is 0.0613. The van der Waals surface area contributed by atoms with Crippen LogP contribution in [-0.2, 0) is 0 Å². The molecule has 0 aromatic heterocycles. The predicted octanol–water partition coefficient (Wildman–Crippen LogP) is 2.42. The zero-order valence-electron chi connectivity index (χ0n) is 10.3. The number of nitrogens with one attached hydrogen (secondary N) is 1. The van der Waals surface area contributed by atoms with Crippen molar-refractivity contribution in [2.45, 2.75) is 25.7 Å². The highest BCUT2D eigenvalue weighted by molar-refractivity contribution is 5.54. The molecule has 2 aliphatic rings. The highest BCUT2D eigenvalue weighted by Gasteiger charge is 2.27. The van der Waals surface area contributed by atoms with Crippen LogP contribution in [0.25, 0.3) is 0 Å². The molecule has 0 amide bonds. The van der Waals surface area contributed by atoms with E-state index >= 15 is 0 Å². The van der Waals surface area contributed by atoms with Crippen molar-refractivity contribution < 1.29 is 4.39 Å². The highest BCUT2D eigenvalue weighted by atomic mass is 19.1. The van der Waals surface area contributed by atoms with Crippen LogP contribution >= 0.6 is 0 Å². The van der Waals surface area contributed by atoms with Crippen molar-refractivity contribution in [2.75, 3.05) is 31.1 Å². The maximum absolute atomic E-state index is 14.0. The van der Waals surface area contributed by atoms with Crippen LogP contribution in [-0.4, -0.2) is 26.2 Å². The largest absolute Gasteiger partial charge is 0.367 e. The summed E-state index contributed by atoms with van der Waals surface area (Å²) in [7, 11) is 0. The minimum atomic E-state index is -0.0613.